The smallest absolute Gasteiger partial charge is 0.328 e. The van der Waals surface area contributed by atoms with Crippen LogP contribution < -0.4 is 11.2 Å². The van der Waals surface area contributed by atoms with E-state index in [1.54, 1.807) is 0 Å². The highest BCUT2D eigenvalue weighted by Crippen LogP contribution is 2.19. The molecule has 0 fully saturated rings. The van der Waals surface area contributed by atoms with Crippen molar-refractivity contribution >= 4 is 11.2 Å². The van der Waals surface area contributed by atoms with Gasteiger partial charge >= 0.3 is 5.69 Å². The lowest BCUT2D eigenvalue weighted by Gasteiger charge is -2.11. The van der Waals surface area contributed by atoms with Crippen LogP contribution in [0.15, 0.2) is 15.9 Å². The Morgan fingerprint density at radius 1 is 1.48 bits per heavy atom. The van der Waals surface area contributed by atoms with Crippen LogP contribution in [0.4, 0.5) is 8.78 Å². The minimum atomic E-state index is -4.67. The summed E-state index contributed by atoms with van der Waals surface area (Å²) in [6, 6.07) is 0. The number of nitrogens with zero attached hydrogens (tertiary/aromatic N) is 4. The second-order valence-electron chi connectivity index (χ2n) is 4.37. The van der Waals surface area contributed by atoms with E-state index in [1.807, 2.05) is 0 Å². The van der Waals surface area contributed by atoms with Crippen LogP contribution in [0.1, 0.15) is 38.4 Å². The molecule has 0 saturated heterocycles. The monoisotopic (exact) mass is 309 g/mol. The van der Waals surface area contributed by atoms with E-state index in [0.717, 1.165) is 4.57 Å². The topological polar surface area (TPSA) is 61.8 Å². The number of aromatic nitrogens is 4. The standard InChI is InChI=1S/C13H18F2N4O2/c1-13(14,15)6-4-5-7-19-11(20)9-10(16-8-17(9)2)18(3)12(19)21/h8H,4-7H2,1-3H3/i1D3,2D3,6D2,8D. The Morgan fingerprint density at radius 2 is 2.24 bits per heavy atom. The summed E-state index contributed by atoms with van der Waals surface area (Å²) in [5.74, 6) is -4.67. The van der Waals surface area contributed by atoms with Crippen molar-refractivity contribution in [1.29, 1.82) is 0 Å². The first kappa shape index (κ1) is 7.33. The van der Waals surface area contributed by atoms with E-state index < -0.39 is 68.6 Å². The summed E-state index contributed by atoms with van der Waals surface area (Å²) in [7, 11) is 1.17. The van der Waals surface area contributed by atoms with Crippen molar-refractivity contribution in [2.75, 3.05) is 0 Å². The molecular weight excluding hydrogens is 282 g/mol. The van der Waals surface area contributed by atoms with Crippen LogP contribution in [0.25, 0.3) is 11.2 Å². The molecule has 0 aromatic carbocycles. The van der Waals surface area contributed by atoms with E-state index in [4.69, 9.17) is 12.3 Å². The molecule has 2 aromatic rings. The number of imidazole rings is 1. The van der Waals surface area contributed by atoms with Gasteiger partial charge in [-0.25, -0.2) is 18.6 Å². The first-order chi connectivity index (χ1) is 13.3. The summed E-state index contributed by atoms with van der Waals surface area (Å²) < 4.78 is 94.8. The van der Waals surface area contributed by atoms with Crippen LogP contribution in [-0.4, -0.2) is 24.6 Å². The largest absolute Gasteiger partial charge is 0.332 e. The van der Waals surface area contributed by atoms with E-state index in [-0.39, 0.29) is 5.65 Å². The zero-order chi connectivity index (χ0) is 23.4. The van der Waals surface area contributed by atoms with Crippen molar-refractivity contribution in [2.45, 2.75) is 38.5 Å². The molecular formula is C13H18F2N4O2. The van der Waals surface area contributed by atoms with Gasteiger partial charge in [0.05, 0.1) is 6.30 Å². The van der Waals surface area contributed by atoms with Gasteiger partial charge in [-0.1, -0.05) is 0 Å². The summed E-state index contributed by atoms with van der Waals surface area (Å²) in [5, 5.41) is 0. The first-order valence-corrected chi connectivity index (χ1v) is 5.92. The predicted molar refractivity (Wildman–Crippen MR) is 74.7 cm³/mol. The quantitative estimate of drug-likeness (QED) is 0.835. The van der Waals surface area contributed by atoms with E-state index >= 15 is 0 Å². The predicted octanol–water partition coefficient (Wildman–Crippen LogP) is 1.26. The molecule has 0 amide bonds. The van der Waals surface area contributed by atoms with Gasteiger partial charge in [0.1, 0.15) is 1.37 Å². The highest BCUT2D eigenvalue weighted by molar-refractivity contribution is 5.69. The fourth-order valence-electron chi connectivity index (χ4n) is 1.89. The van der Waals surface area contributed by atoms with Crippen LogP contribution in [0.2, 0.25) is 0 Å². The number of hydrogen-bond acceptors (Lipinski definition) is 3. The molecule has 2 rings (SSSR count). The fraction of sp³-hybridized carbons (Fsp3) is 0.615. The molecule has 0 aliphatic carbocycles. The maximum Gasteiger partial charge on any atom is 0.332 e. The van der Waals surface area contributed by atoms with Gasteiger partial charge in [-0.05, 0) is 19.7 Å². The van der Waals surface area contributed by atoms with Gasteiger partial charge in [0.2, 0.25) is 5.92 Å². The Labute approximate surface area is 132 Å². The molecule has 0 radical (unpaired) electrons. The molecule has 0 bridgehead atoms. The van der Waals surface area contributed by atoms with Crippen molar-refractivity contribution in [3.8, 4) is 0 Å². The van der Waals surface area contributed by atoms with Crippen LogP contribution in [0.3, 0.4) is 0 Å². The molecule has 21 heavy (non-hydrogen) atoms. The maximum absolute atomic E-state index is 13.9. The van der Waals surface area contributed by atoms with Crippen molar-refractivity contribution in [3.63, 3.8) is 0 Å². The van der Waals surface area contributed by atoms with Crippen LogP contribution in [0.5, 0.6) is 0 Å². The summed E-state index contributed by atoms with van der Waals surface area (Å²) in [6.45, 7) is -7.43. The van der Waals surface area contributed by atoms with E-state index in [9.17, 15) is 18.4 Å². The Balaban J connectivity index is 2.47. The van der Waals surface area contributed by atoms with Crippen molar-refractivity contribution in [1.82, 2.24) is 18.7 Å². The van der Waals surface area contributed by atoms with E-state index in [1.165, 1.54) is 7.05 Å². The SMILES string of the molecule is [2H]c1nc2c(c(=O)n(CCCC([2H])([2H])C(F)(F)C([2H])([2H])[2H])c(=O)n2C)n1C([2H])([2H])[2H]. The highest BCUT2D eigenvalue weighted by atomic mass is 19.3. The number of fused-ring (bicyclic) bond motifs is 1. The second kappa shape index (κ2) is 5.42. The highest BCUT2D eigenvalue weighted by Gasteiger charge is 2.20. The Bertz CT molecular complexity index is 1080. The average molecular weight is 309 g/mol. The Kier molecular flexibility index (Phi) is 1.89. The molecule has 0 aliphatic rings. The van der Waals surface area contributed by atoms with Gasteiger partial charge in [0.25, 0.3) is 5.56 Å². The van der Waals surface area contributed by atoms with E-state index in [0.29, 0.717) is 9.13 Å². The number of halogens is 2. The summed E-state index contributed by atoms with van der Waals surface area (Å²) in [6.07, 6.45) is -5.75. The molecule has 2 heterocycles. The fourth-order valence-corrected chi connectivity index (χ4v) is 1.89. The number of hydrogen-bond donors (Lipinski definition) is 0. The Hall–Kier alpha value is -1.99. The van der Waals surface area contributed by atoms with Gasteiger partial charge in [-0.2, -0.15) is 0 Å². The molecule has 0 N–H and O–H groups in total. The molecule has 0 aliphatic heterocycles. The minimum absolute atomic E-state index is 0.350. The zero-order valence-electron chi connectivity index (χ0n) is 20.0. The van der Waals surface area contributed by atoms with Gasteiger partial charge in [0.15, 0.2) is 11.2 Å². The van der Waals surface area contributed by atoms with Gasteiger partial charge in [-0.15, -0.1) is 0 Å². The van der Waals surface area contributed by atoms with Crippen LogP contribution >= 0.6 is 0 Å². The lowest BCUT2D eigenvalue weighted by molar-refractivity contribution is 0.0102. The molecule has 2 aromatic heterocycles. The third-order valence-corrected chi connectivity index (χ3v) is 2.88. The summed E-state index contributed by atoms with van der Waals surface area (Å²) in [5.41, 5.74) is -3.05. The second-order valence-corrected chi connectivity index (χ2v) is 4.37. The molecule has 8 heteroatoms. The lowest BCUT2D eigenvalue weighted by atomic mass is 10.1. The van der Waals surface area contributed by atoms with Crippen molar-refractivity contribution < 1.29 is 21.1 Å². The first-order valence-electron chi connectivity index (χ1n) is 10.4. The number of rotatable bonds is 5. The van der Waals surface area contributed by atoms with Gasteiger partial charge in [-0.3, -0.25) is 13.9 Å². The van der Waals surface area contributed by atoms with Crippen LogP contribution in [-0.2, 0) is 20.6 Å². The number of alkyl halides is 2. The average Bonchev–Trinajstić information content (AvgIpc) is 2.92. The van der Waals surface area contributed by atoms with Gasteiger partial charge in [0, 0.05) is 37.9 Å². The van der Waals surface area contributed by atoms with Crippen LogP contribution in [0, 0.1) is 0 Å². The molecule has 0 spiro atoms. The molecule has 116 valence electrons. The third kappa shape index (κ3) is 3.03. The zero-order valence-corrected chi connectivity index (χ0v) is 11.0. The third-order valence-electron chi connectivity index (χ3n) is 2.88. The normalized spacial score (nSPS) is 20.4. The maximum atomic E-state index is 13.9. The van der Waals surface area contributed by atoms with Gasteiger partial charge < -0.3 is 4.57 Å². The minimum Gasteiger partial charge on any atom is -0.328 e. The molecule has 0 atom stereocenters. The number of aryl methyl sites for hydroxylation is 2. The lowest BCUT2D eigenvalue weighted by Crippen LogP contribution is -2.39. The molecule has 6 nitrogen and oxygen atoms in total. The van der Waals surface area contributed by atoms with Crippen molar-refractivity contribution in [3.05, 3.63) is 27.1 Å². The molecule has 0 saturated carbocycles. The van der Waals surface area contributed by atoms with Crippen molar-refractivity contribution in [2.24, 2.45) is 14.0 Å². The Morgan fingerprint density at radius 3 is 2.90 bits per heavy atom. The molecule has 0 unspecified atom stereocenters. The summed E-state index contributed by atoms with van der Waals surface area (Å²) in [4.78, 5) is 28.8. The summed E-state index contributed by atoms with van der Waals surface area (Å²) >= 11 is 0. The van der Waals surface area contributed by atoms with E-state index in [2.05, 4.69) is 4.98 Å².